The van der Waals surface area contributed by atoms with E-state index in [1.807, 2.05) is 0 Å². The summed E-state index contributed by atoms with van der Waals surface area (Å²) in [6, 6.07) is -2.16. The van der Waals surface area contributed by atoms with Gasteiger partial charge in [0.2, 0.25) is 53.2 Å². The van der Waals surface area contributed by atoms with Gasteiger partial charge in [0.1, 0.15) is 53.9 Å². The van der Waals surface area contributed by atoms with Gasteiger partial charge in [-0.2, -0.15) is 0 Å². The number of aromatic amines is 1. The number of carbonyl (C=O) groups excluding carboxylic acids is 10. The Kier molecular flexibility index (Phi) is 23.2. The summed E-state index contributed by atoms with van der Waals surface area (Å²) in [6.07, 6.45) is -0.393. The zero-order valence-corrected chi connectivity index (χ0v) is 46.7. The van der Waals surface area contributed by atoms with Crippen LogP contribution in [0, 0.1) is 22.5 Å². The Morgan fingerprint density at radius 3 is 1.94 bits per heavy atom. The second-order valence-corrected chi connectivity index (χ2v) is 23.1. The number of nitrogens with one attached hydrogen (secondary N) is 13. The summed E-state index contributed by atoms with van der Waals surface area (Å²) >= 11 is 0. The number of halogens is 2. The van der Waals surface area contributed by atoms with E-state index >= 15 is 0 Å². The van der Waals surface area contributed by atoms with Gasteiger partial charge in [0.15, 0.2) is 17.5 Å². The van der Waals surface area contributed by atoms with Gasteiger partial charge >= 0.3 is 0 Å². The van der Waals surface area contributed by atoms with Crippen LogP contribution in [0.25, 0.3) is 10.9 Å². The molecule has 28 nitrogen and oxygen atoms in total. The molecule has 2 saturated heterocycles. The Morgan fingerprint density at radius 2 is 1.34 bits per heavy atom. The summed E-state index contributed by atoms with van der Waals surface area (Å²) in [5.41, 5.74) is 21.5. The average Bonchev–Trinajstić information content (AvgIpc) is 3.78. The Morgan fingerprint density at radius 1 is 0.756 bits per heavy atom. The van der Waals surface area contributed by atoms with Crippen molar-refractivity contribution in [2.24, 2.45) is 22.9 Å². The highest BCUT2D eigenvalue weighted by Crippen LogP contribution is 2.39. The molecule has 0 bridgehead atoms. The smallest absolute Gasteiger partial charge is 0.251 e. The quantitative estimate of drug-likeness (QED) is 0.0255. The molecule has 0 aliphatic carbocycles. The van der Waals surface area contributed by atoms with Crippen molar-refractivity contribution in [3.8, 4) is 0 Å². The summed E-state index contributed by atoms with van der Waals surface area (Å²) in [4.78, 5) is 142. The molecule has 21 N–H and O–H groups in total. The number of amides is 10. The summed E-state index contributed by atoms with van der Waals surface area (Å²) < 4.78 is 32.5. The first-order valence-electron chi connectivity index (χ1n) is 25.7. The number of primary amides is 2. The second-order valence-electron chi connectivity index (χ2n) is 20.1. The Balaban J connectivity index is 1.63. The molecule has 1 spiro atoms. The van der Waals surface area contributed by atoms with Gasteiger partial charge in [0, 0.05) is 66.9 Å². The Hall–Kier alpha value is -8.26. The highest BCUT2D eigenvalue weighted by Gasteiger charge is 2.50. The van der Waals surface area contributed by atoms with Gasteiger partial charge in [-0.15, -0.1) is 0 Å². The first-order chi connectivity index (χ1) is 38.7. The molecule has 0 saturated carbocycles. The summed E-state index contributed by atoms with van der Waals surface area (Å²) in [6.45, 7) is 3.20. The standard InChI is InChI=1S/C50H69F2N17O11S2/c1-24(70)62-32(14-16-60-48(57)58)42(75)66-36-21-81-82-49(2,3)38(39(54)72)68-44(77)35(18-26-20-61-33-19-28(52)10-11-29(26)33)65-40(73)30(5-4-15-59-47(55)56)63-43(76)34(17-25-6-8-27(51)9-7-25)64-41(74)31(12-13-37(53)71)67-46(79)50(22-80-23-50)69-45(36)78/h6-11,19-20,30-32,34-36,38,61H,4-5,12-18,21-23H2,1-3H3,(H2,53,71)(H2,54,72)(H,62,70)(H,63,76)(H,64,74)(H,65,73)(H,66,75)(H,67,79)(H,68,77)(H,69,78)(H4,55,56,59)(H4,57,58,60)/t30-,31-,32+,34+,35-,36-,38+/m0/s1. The molecule has 32 heteroatoms. The first kappa shape index (κ1) is 64.6. The number of nitrogens with two attached hydrogens (primary N) is 4. The van der Waals surface area contributed by atoms with Crippen molar-refractivity contribution in [2.45, 2.75) is 118 Å². The molecule has 2 aliphatic heterocycles. The molecule has 2 aromatic carbocycles. The maximum atomic E-state index is 14.7. The van der Waals surface area contributed by atoms with Crippen LogP contribution >= 0.6 is 21.6 Å². The molecule has 0 unspecified atom stereocenters. The Labute approximate surface area is 476 Å². The highest BCUT2D eigenvalue weighted by molar-refractivity contribution is 8.77. The van der Waals surface area contributed by atoms with Crippen molar-refractivity contribution in [1.29, 1.82) is 10.8 Å². The Bertz CT molecular complexity index is 2890. The van der Waals surface area contributed by atoms with Gasteiger partial charge < -0.3 is 85.8 Å². The van der Waals surface area contributed by atoms with E-state index in [1.165, 1.54) is 50.4 Å². The number of ether oxygens (including phenoxy) is 1. The molecule has 5 rings (SSSR count). The minimum absolute atomic E-state index is 0.0183. The van der Waals surface area contributed by atoms with Crippen LogP contribution in [-0.2, 0) is 65.5 Å². The van der Waals surface area contributed by atoms with E-state index in [-0.39, 0.29) is 50.9 Å². The van der Waals surface area contributed by atoms with Crippen LogP contribution in [0.4, 0.5) is 8.78 Å². The number of rotatable bonds is 18. The average molecular weight is 1190 g/mol. The third kappa shape index (κ3) is 18.9. The van der Waals surface area contributed by atoms with Crippen molar-refractivity contribution in [1.82, 2.24) is 58.2 Å². The van der Waals surface area contributed by atoms with Crippen molar-refractivity contribution in [2.75, 3.05) is 32.1 Å². The van der Waals surface area contributed by atoms with Gasteiger partial charge in [0.25, 0.3) is 5.91 Å². The lowest BCUT2D eigenvalue weighted by Gasteiger charge is -2.42. The van der Waals surface area contributed by atoms with E-state index < -0.39 is 161 Å². The van der Waals surface area contributed by atoms with Crippen LogP contribution < -0.4 is 76.1 Å². The van der Waals surface area contributed by atoms with Crippen molar-refractivity contribution in [3.05, 3.63) is 71.4 Å². The molecule has 3 heterocycles. The number of carbonyl (C=O) groups is 10. The van der Waals surface area contributed by atoms with Gasteiger partial charge in [-0.25, -0.2) is 8.78 Å². The predicted octanol–water partition coefficient (Wildman–Crippen LogP) is -3.41. The number of hydrogen-bond acceptors (Lipinski definition) is 15. The molecule has 3 aromatic rings. The molecule has 7 atom stereocenters. The lowest BCUT2D eigenvalue weighted by molar-refractivity contribution is -0.156. The van der Waals surface area contributed by atoms with Crippen LogP contribution in [0.1, 0.15) is 64.0 Å². The molecular weight excluding hydrogens is 1120 g/mol. The van der Waals surface area contributed by atoms with E-state index in [0.717, 1.165) is 40.6 Å². The highest BCUT2D eigenvalue weighted by atomic mass is 33.1. The van der Waals surface area contributed by atoms with Gasteiger partial charge in [0.05, 0.1) is 13.2 Å². The number of hydrogen-bond donors (Lipinski definition) is 17. The number of aromatic nitrogens is 1. The maximum absolute atomic E-state index is 14.7. The summed E-state index contributed by atoms with van der Waals surface area (Å²) in [5.74, 6) is -11.8. The molecule has 2 fully saturated rings. The number of H-pyrrole nitrogens is 1. The minimum atomic E-state index is -1.94. The topological polar surface area (TPSA) is 468 Å². The second kappa shape index (κ2) is 29.5. The molecule has 1 aromatic heterocycles. The van der Waals surface area contributed by atoms with Gasteiger partial charge in [-0.1, -0.05) is 33.7 Å². The third-order valence-corrected chi connectivity index (χ3v) is 16.3. The summed E-state index contributed by atoms with van der Waals surface area (Å²) in [5, 5.41) is 41.4. The fourth-order valence-corrected chi connectivity index (χ4v) is 11.5. The zero-order chi connectivity index (χ0) is 60.5. The van der Waals surface area contributed by atoms with Crippen LogP contribution in [0.3, 0.4) is 0 Å². The lowest BCUT2D eigenvalue weighted by Crippen LogP contribution is -2.73. The first-order valence-corrected chi connectivity index (χ1v) is 28.0. The fourth-order valence-electron chi connectivity index (χ4n) is 8.63. The molecule has 0 radical (unpaired) electrons. The zero-order valence-electron chi connectivity index (χ0n) is 45.0. The number of guanidine groups is 2. The summed E-state index contributed by atoms with van der Waals surface area (Å²) in [7, 11) is 1.86. The van der Waals surface area contributed by atoms with Crippen LogP contribution in [-0.4, -0.2) is 161 Å². The van der Waals surface area contributed by atoms with Crippen molar-refractivity contribution < 1.29 is 61.5 Å². The van der Waals surface area contributed by atoms with E-state index in [1.54, 1.807) is 0 Å². The monoisotopic (exact) mass is 1190 g/mol. The number of fused-ring (bicyclic) bond motifs is 1. The van der Waals surface area contributed by atoms with E-state index in [0.29, 0.717) is 22.0 Å². The molecule has 2 aliphatic rings. The SMILES string of the molecule is CC(=O)N[C@H](CCNC(=N)N)C(=O)N[C@H]1CSSC(C)(C)[C@@H](C(N)=O)NC(=O)[C@H](Cc2c[nH]c3cc(F)ccc23)NC(=O)[C@H](CCCNC(=N)N)NC(=O)[C@@H](Cc2ccc(F)cc2)NC(=O)[C@H](CCC(N)=O)NC(=O)C2(COC2)NC1=O. The van der Waals surface area contributed by atoms with Crippen molar-refractivity contribution in [3.63, 3.8) is 0 Å². The van der Waals surface area contributed by atoms with Gasteiger partial charge in [-0.05, 0) is 81.0 Å². The van der Waals surface area contributed by atoms with E-state index in [2.05, 4.69) is 58.2 Å². The lowest BCUT2D eigenvalue weighted by atomic mass is 9.94. The van der Waals surface area contributed by atoms with Crippen LogP contribution in [0.15, 0.2) is 48.7 Å². The maximum Gasteiger partial charge on any atom is 0.251 e. The van der Waals surface area contributed by atoms with E-state index in [4.69, 9.17) is 38.5 Å². The normalized spacial score (nSPS) is 22.3. The van der Waals surface area contributed by atoms with Crippen LogP contribution in [0.5, 0.6) is 0 Å². The fraction of sp³-hybridized carbons (Fsp3) is 0.480. The largest absolute Gasteiger partial charge is 0.375 e. The van der Waals surface area contributed by atoms with Gasteiger partial charge in [-0.3, -0.25) is 58.8 Å². The predicted molar refractivity (Wildman–Crippen MR) is 298 cm³/mol. The van der Waals surface area contributed by atoms with Crippen LogP contribution in [0.2, 0.25) is 0 Å². The third-order valence-electron chi connectivity index (χ3n) is 13.0. The number of benzene rings is 2. The van der Waals surface area contributed by atoms with E-state index in [9.17, 15) is 56.7 Å². The minimum Gasteiger partial charge on any atom is -0.375 e. The van der Waals surface area contributed by atoms with Crippen molar-refractivity contribution >= 4 is 103 Å². The molecule has 446 valence electrons. The molecule has 10 amide bonds. The molecular formula is C50H69F2N17O11S2. The molecule has 82 heavy (non-hydrogen) atoms.